The fourth-order valence-corrected chi connectivity index (χ4v) is 1.42. The third kappa shape index (κ3) is 3.59. The molecule has 1 aromatic rings. The summed E-state index contributed by atoms with van der Waals surface area (Å²) in [5, 5.41) is 0. The first-order chi connectivity index (χ1) is 7.95. The van der Waals surface area contributed by atoms with Crippen LogP contribution in [0.2, 0.25) is 0 Å². The number of allylic oxidation sites excluding steroid dienone is 1. The normalized spacial score (nSPS) is 10.8. The lowest BCUT2D eigenvalue weighted by molar-refractivity contribution is 0.104. The number of carbonyl (C=O) groups is 1. The Balaban J connectivity index is 2.97. The molecule has 1 rings (SSSR count). The first-order valence-corrected chi connectivity index (χ1v) is 5.89. The van der Waals surface area contributed by atoms with Gasteiger partial charge < -0.3 is 10.6 Å². The summed E-state index contributed by atoms with van der Waals surface area (Å²) < 4.78 is 0.562. The zero-order valence-electron chi connectivity index (χ0n) is 9.77. The number of ketones is 1. The van der Waals surface area contributed by atoms with E-state index in [1.165, 1.54) is 6.08 Å². The highest BCUT2D eigenvalue weighted by molar-refractivity contribution is 9.10. The van der Waals surface area contributed by atoms with E-state index in [0.717, 1.165) is 6.54 Å². The topological polar surface area (TPSA) is 59.2 Å². The molecule has 2 N–H and O–H groups in total. The molecule has 0 amide bonds. The van der Waals surface area contributed by atoms with E-state index in [1.807, 2.05) is 18.9 Å². The number of halogens is 1. The summed E-state index contributed by atoms with van der Waals surface area (Å²) in [6.45, 7) is 2.81. The lowest BCUT2D eigenvalue weighted by Crippen LogP contribution is -2.16. The first-order valence-electron chi connectivity index (χ1n) is 5.10. The van der Waals surface area contributed by atoms with Gasteiger partial charge in [-0.25, -0.2) is 4.98 Å². The Morgan fingerprint density at radius 3 is 2.94 bits per heavy atom. The molecule has 6 heteroatoms. The van der Waals surface area contributed by atoms with Gasteiger partial charge in [-0.3, -0.25) is 4.79 Å². The van der Waals surface area contributed by atoms with Crippen molar-refractivity contribution in [2.24, 2.45) is 0 Å². The van der Waals surface area contributed by atoms with Gasteiger partial charge in [0.05, 0.1) is 5.56 Å². The zero-order chi connectivity index (χ0) is 13.0. The molecule has 17 heavy (non-hydrogen) atoms. The Morgan fingerprint density at radius 1 is 1.71 bits per heavy atom. The maximum atomic E-state index is 11.9. The average Bonchev–Trinajstić information content (AvgIpc) is 2.30. The van der Waals surface area contributed by atoms with Gasteiger partial charge in [-0.2, -0.15) is 0 Å². The lowest BCUT2D eigenvalue weighted by atomic mass is 10.0. The first kappa shape index (κ1) is 13.8. The Morgan fingerprint density at radius 2 is 2.35 bits per heavy atom. The number of nitrogens with zero attached hydrogens (tertiary/aromatic N) is 2. The summed E-state index contributed by atoms with van der Waals surface area (Å²) in [5.74, 6) is -0.0597. The minimum atomic E-state index is -0.198. The van der Waals surface area contributed by atoms with Gasteiger partial charge in [0.2, 0.25) is 0 Å². The fourth-order valence-electron chi connectivity index (χ4n) is 1.11. The van der Waals surface area contributed by atoms with Crippen molar-refractivity contribution in [1.29, 1.82) is 0 Å². The molecule has 0 saturated carbocycles. The van der Waals surface area contributed by atoms with Crippen molar-refractivity contribution in [3.8, 4) is 0 Å². The van der Waals surface area contributed by atoms with E-state index in [4.69, 9.17) is 13.6 Å². The molecule has 0 saturated heterocycles. The molecule has 0 spiro atoms. The predicted molar refractivity (Wildman–Crippen MR) is 73.5 cm³/mol. The van der Waals surface area contributed by atoms with Crippen molar-refractivity contribution in [2.75, 3.05) is 19.3 Å². The van der Waals surface area contributed by atoms with Crippen LogP contribution in [0.5, 0.6) is 0 Å². The number of hydrogen-bond acceptors (Lipinski definition) is 4. The van der Waals surface area contributed by atoms with Crippen molar-refractivity contribution in [3.05, 3.63) is 28.4 Å². The molecule has 0 aliphatic heterocycles. The van der Waals surface area contributed by atoms with Crippen LogP contribution in [0.25, 0.3) is 0 Å². The summed E-state index contributed by atoms with van der Waals surface area (Å²) in [5.41, 5.74) is 6.26. The van der Waals surface area contributed by atoms with Crippen LogP contribution in [0.1, 0.15) is 17.3 Å². The SMILES string of the molecule is [B]c1nc(N)c(C(=O)/C=C/N(C)CC)cc1Br. The van der Waals surface area contributed by atoms with Gasteiger partial charge in [0.25, 0.3) is 0 Å². The Labute approximate surface area is 110 Å². The molecule has 0 aromatic carbocycles. The molecule has 1 aromatic heterocycles. The molecule has 1 heterocycles. The van der Waals surface area contributed by atoms with E-state index in [1.54, 1.807) is 12.3 Å². The second-order valence-electron chi connectivity index (χ2n) is 3.54. The van der Waals surface area contributed by atoms with Crippen LogP contribution in [0.3, 0.4) is 0 Å². The molecule has 0 fully saturated rings. The minimum absolute atomic E-state index is 0.138. The second-order valence-corrected chi connectivity index (χ2v) is 4.40. The molecule has 0 aliphatic carbocycles. The number of anilines is 1. The van der Waals surface area contributed by atoms with Gasteiger partial charge in [-0.05, 0) is 28.9 Å². The minimum Gasteiger partial charge on any atom is -0.383 e. The summed E-state index contributed by atoms with van der Waals surface area (Å²) in [4.78, 5) is 17.6. The number of aromatic nitrogens is 1. The maximum Gasteiger partial charge on any atom is 0.191 e. The monoisotopic (exact) mass is 293 g/mol. The van der Waals surface area contributed by atoms with Crippen molar-refractivity contribution in [3.63, 3.8) is 0 Å². The molecule has 88 valence electrons. The molecule has 0 aliphatic rings. The molecular formula is C11H13BBrN3O. The third-order valence-corrected chi connectivity index (χ3v) is 2.91. The van der Waals surface area contributed by atoms with Gasteiger partial charge >= 0.3 is 0 Å². The van der Waals surface area contributed by atoms with Gasteiger partial charge in [0.15, 0.2) is 5.78 Å². The molecule has 0 atom stereocenters. The lowest BCUT2D eigenvalue weighted by Gasteiger charge is -2.09. The van der Waals surface area contributed by atoms with Gasteiger partial charge in [0, 0.05) is 35.9 Å². The second kappa shape index (κ2) is 5.86. The number of nitrogens with two attached hydrogens (primary N) is 1. The van der Waals surface area contributed by atoms with Crippen LogP contribution in [-0.2, 0) is 0 Å². The molecule has 4 nitrogen and oxygen atoms in total. The summed E-state index contributed by atoms with van der Waals surface area (Å²) in [7, 11) is 7.44. The highest BCUT2D eigenvalue weighted by Crippen LogP contribution is 2.14. The van der Waals surface area contributed by atoms with E-state index >= 15 is 0 Å². The van der Waals surface area contributed by atoms with E-state index in [2.05, 4.69) is 20.9 Å². The van der Waals surface area contributed by atoms with Crippen LogP contribution >= 0.6 is 15.9 Å². The van der Waals surface area contributed by atoms with Crippen LogP contribution < -0.4 is 11.3 Å². The number of rotatable bonds is 4. The van der Waals surface area contributed by atoms with Crippen molar-refractivity contribution >= 4 is 41.0 Å². The van der Waals surface area contributed by atoms with Gasteiger partial charge in [0.1, 0.15) is 13.7 Å². The molecule has 2 radical (unpaired) electrons. The largest absolute Gasteiger partial charge is 0.383 e. The highest BCUT2D eigenvalue weighted by atomic mass is 79.9. The van der Waals surface area contributed by atoms with Crippen LogP contribution in [0, 0.1) is 0 Å². The van der Waals surface area contributed by atoms with Crippen molar-refractivity contribution in [1.82, 2.24) is 9.88 Å². The van der Waals surface area contributed by atoms with Gasteiger partial charge in [-0.15, -0.1) is 0 Å². The Hall–Kier alpha value is -1.30. The molecule has 0 bridgehead atoms. The Kier molecular flexibility index (Phi) is 4.75. The zero-order valence-corrected chi connectivity index (χ0v) is 11.4. The number of carbonyl (C=O) groups excluding carboxylic acids is 1. The number of nitrogen functional groups attached to an aromatic ring is 1. The fraction of sp³-hybridized carbons (Fsp3) is 0.273. The van der Waals surface area contributed by atoms with Crippen molar-refractivity contribution < 1.29 is 4.79 Å². The number of hydrogen-bond donors (Lipinski definition) is 1. The maximum absolute atomic E-state index is 11.9. The van der Waals surface area contributed by atoms with Crippen LogP contribution in [0.4, 0.5) is 5.82 Å². The average molecular weight is 294 g/mol. The van der Waals surface area contributed by atoms with Crippen molar-refractivity contribution in [2.45, 2.75) is 6.92 Å². The summed E-state index contributed by atoms with van der Waals surface area (Å²) >= 11 is 3.21. The van der Waals surface area contributed by atoms with E-state index in [0.29, 0.717) is 10.0 Å². The number of pyridine rings is 1. The summed E-state index contributed by atoms with van der Waals surface area (Å²) in [6.07, 6.45) is 3.16. The molecular weight excluding hydrogens is 281 g/mol. The smallest absolute Gasteiger partial charge is 0.191 e. The predicted octanol–water partition coefficient (Wildman–Crippen LogP) is 0.868. The van der Waals surface area contributed by atoms with Crippen LogP contribution in [0.15, 0.2) is 22.8 Å². The van der Waals surface area contributed by atoms with E-state index in [-0.39, 0.29) is 17.2 Å². The standard InChI is InChI=1S/C11H13BBrN3O/c1-3-16(2)5-4-9(17)7-6-8(13)10(12)15-11(7)14/h4-6H,3H2,1-2H3,(H2,14,15)/b5-4+. The molecule has 0 unspecified atom stereocenters. The van der Waals surface area contributed by atoms with E-state index < -0.39 is 0 Å². The van der Waals surface area contributed by atoms with Gasteiger partial charge in [-0.1, -0.05) is 0 Å². The third-order valence-electron chi connectivity index (χ3n) is 2.28. The Bertz CT molecular complexity index is 462. The highest BCUT2D eigenvalue weighted by Gasteiger charge is 2.10. The quantitative estimate of drug-likeness (QED) is 0.508. The summed E-state index contributed by atoms with van der Waals surface area (Å²) in [6, 6.07) is 1.58. The van der Waals surface area contributed by atoms with E-state index in [9.17, 15) is 4.79 Å². The van der Waals surface area contributed by atoms with Crippen LogP contribution in [-0.4, -0.2) is 37.1 Å².